The van der Waals surface area contributed by atoms with Crippen molar-refractivity contribution in [2.45, 2.75) is 12.5 Å². The summed E-state index contributed by atoms with van der Waals surface area (Å²) in [6, 6.07) is 19.5. The molecule has 0 spiro atoms. The molecule has 0 radical (unpaired) electrons. The maximum absolute atomic E-state index is 13.8. The van der Waals surface area contributed by atoms with Crippen LogP contribution in [-0.4, -0.2) is 82.3 Å². The van der Waals surface area contributed by atoms with Crippen molar-refractivity contribution >= 4 is 40.2 Å². The van der Waals surface area contributed by atoms with Gasteiger partial charge in [-0.2, -0.15) is 0 Å². The minimum atomic E-state index is -0.526. The van der Waals surface area contributed by atoms with Crippen molar-refractivity contribution < 1.29 is 33.3 Å². The van der Waals surface area contributed by atoms with E-state index in [1.165, 1.54) is 7.11 Å². The number of halogens is 1. The van der Waals surface area contributed by atoms with E-state index < -0.39 is 12.0 Å². The van der Waals surface area contributed by atoms with Crippen molar-refractivity contribution in [2.75, 3.05) is 65.7 Å². The summed E-state index contributed by atoms with van der Waals surface area (Å²) in [6.45, 7) is 3.35. The number of hydrogen-bond acceptors (Lipinski definition) is 7. The number of aromatic amines is 1. The number of H-pyrrole nitrogens is 1. The number of anilines is 1. The third kappa shape index (κ3) is 7.34. The maximum atomic E-state index is 13.8. The molecule has 1 aliphatic rings. The number of aromatic nitrogens is 1. The molecule has 11 heteroatoms. The second-order valence-electron chi connectivity index (χ2n) is 10.2. The first-order chi connectivity index (χ1) is 21.5. The third-order valence-corrected chi connectivity index (χ3v) is 7.65. The van der Waals surface area contributed by atoms with Crippen molar-refractivity contribution in [1.29, 1.82) is 0 Å². The molecule has 232 valence electrons. The molecule has 0 saturated heterocycles. The number of carbonyl (C=O) groups excluding carboxylic acids is 2. The normalized spacial score (nSPS) is 14.3. The minimum Gasteiger partial charge on any atom is -0.491 e. The van der Waals surface area contributed by atoms with E-state index in [2.05, 4.69) is 10.3 Å². The highest BCUT2D eigenvalue weighted by atomic mass is 35.5. The number of methoxy groups -OCH3 is 2. The highest BCUT2D eigenvalue weighted by molar-refractivity contribution is 6.31. The summed E-state index contributed by atoms with van der Waals surface area (Å²) in [5.41, 5.74) is 4.55. The number of esters is 1. The Bertz CT molecular complexity index is 1570. The van der Waals surface area contributed by atoms with E-state index in [4.69, 9.17) is 35.3 Å². The fraction of sp³-hybridized carbons (Fsp3) is 0.333. The Balaban J connectivity index is 1.34. The first-order valence-corrected chi connectivity index (χ1v) is 14.8. The topological polar surface area (TPSA) is 111 Å². The first-order valence-electron chi connectivity index (χ1n) is 14.4. The van der Waals surface area contributed by atoms with E-state index >= 15 is 0 Å². The molecule has 1 aromatic heterocycles. The number of fused-ring (bicyclic) bond motifs is 3. The van der Waals surface area contributed by atoms with Crippen LogP contribution in [0.3, 0.4) is 0 Å². The average Bonchev–Trinajstić information content (AvgIpc) is 3.41. The second-order valence-corrected chi connectivity index (χ2v) is 10.6. The number of nitrogens with one attached hydrogen (secondary N) is 2. The molecule has 2 heterocycles. The van der Waals surface area contributed by atoms with Crippen LogP contribution in [0, 0.1) is 0 Å². The molecule has 44 heavy (non-hydrogen) atoms. The van der Waals surface area contributed by atoms with Gasteiger partial charge in [0.2, 0.25) is 0 Å². The summed E-state index contributed by atoms with van der Waals surface area (Å²) in [4.78, 5) is 31.5. The molecule has 2 N–H and O–H groups in total. The largest absolute Gasteiger partial charge is 0.491 e. The number of rotatable bonds is 13. The maximum Gasteiger partial charge on any atom is 0.339 e. The van der Waals surface area contributed by atoms with Gasteiger partial charge >= 0.3 is 12.0 Å². The summed E-state index contributed by atoms with van der Waals surface area (Å²) >= 11 is 6.35. The van der Waals surface area contributed by atoms with E-state index in [1.54, 1.807) is 36.3 Å². The number of ether oxygens (including phenoxy) is 5. The van der Waals surface area contributed by atoms with Gasteiger partial charge in [0.05, 0.1) is 57.4 Å². The van der Waals surface area contributed by atoms with E-state index in [9.17, 15) is 9.59 Å². The van der Waals surface area contributed by atoms with Crippen LogP contribution in [0.1, 0.15) is 33.2 Å². The smallest absolute Gasteiger partial charge is 0.339 e. The summed E-state index contributed by atoms with van der Waals surface area (Å²) < 4.78 is 26.7. The predicted octanol–water partition coefficient (Wildman–Crippen LogP) is 5.85. The third-order valence-electron chi connectivity index (χ3n) is 7.42. The van der Waals surface area contributed by atoms with Gasteiger partial charge in [-0.3, -0.25) is 0 Å². The molecular formula is C33H36ClN3O7. The molecule has 2 amide bonds. The Morgan fingerprint density at radius 3 is 2.41 bits per heavy atom. The van der Waals surface area contributed by atoms with Crippen LogP contribution < -0.4 is 10.1 Å². The molecule has 1 aliphatic heterocycles. The zero-order valence-corrected chi connectivity index (χ0v) is 25.5. The molecule has 0 fully saturated rings. The summed E-state index contributed by atoms with van der Waals surface area (Å²) in [6.07, 6.45) is 0.636. The van der Waals surface area contributed by atoms with Crippen LogP contribution in [0.15, 0.2) is 66.7 Å². The summed E-state index contributed by atoms with van der Waals surface area (Å²) in [5.74, 6) is 0.165. The molecule has 5 rings (SSSR count). The van der Waals surface area contributed by atoms with E-state index in [-0.39, 0.29) is 11.6 Å². The lowest BCUT2D eigenvalue weighted by Gasteiger charge is -2.36. The van der Waals surface area contributed by atoms with Gasteiger partial charge in [0, 0.05) is 35.3 Å². The van der Waals surface area contributed by atoms with E-state index in [0.29, 0.717) is 69.1 Å². The van der Waals surface area contributed by atoms with Crippen LogP contribution in [0.2, 0.25) is 5.02 Å². The Morgan fingerprint density at radius 1 is 0.932 bits per heavy atom. The van der Waals surface area contributed by atoms with Gasteiger partial charge < -0.3 is 38.9 Å². The Kier molecular flexibility index (Phi) is 10.7. The molecule has 0 bridgehead atoms. The zero-order chi connectivity index (χ0) is 30.9. The lowest BCUT2D eigenvalue weighted by molar-refractivity contribution is 0.0180. The average molecular weight is 622 g/mol. The van der Waals surface area contributed by atoms with Crippen molar-refractivity contribution in [1.82, 2.24) is 9.88 Å². The standard InChI is InChI=1S/C33H36ClN3O7/c1-40-15-16-42-17-18-43-19-20-44-24-10-7-22(8-11-24)31-30-25(27-21-23(34)9-12-29(27)35-30)13-14-37(31)33(39)36-28-6-4-3-5-26(28)32(38)41-2/h3-12,21,31,35H,13-20H2,1-2H3,(H,36,39). The fourth-order valence-corrected chi connectivity index (χ4v) is 5.49. The van der Waals surface area contributed by atoms with Gasteiger partial charge in [0.15, 0.2) is 0 Å². The number of hydrogen-bond donors (Lipinski definition) is 2. The van der Waals surface area contributed by atoms with Gasteiger partial charge in [-0.25, -0.2) is 9.59 Å². The first kappa shape index (κ1) is 31.3. The molecule has 0 aliphatic carbocycles. The number of amides is 2. The van der Waals surface area contributed by atoms with Gasteiger partial charge in [-0.15, -0.1) is 0 Å². The van der Waals surface area contributed by atoms with Gasteiger partial charge in [-0.1, -0.05) is 35.9 Å². The summed E-state index contributed by atoms with van der Waals surface area (Å²) in [5, 5.41) is 4.63. The number of nitrogens with zero attached hydrogens (tertiary/aromatic N) is 1. The molecule has 4 aromatic rings. The second kappa shape index (κ2) is 15.1. The Morgan fingerprint density at radius 2 is 1.66 bits per heavy atom. The lowest BCUT2D eigenvalue weighted by Crippen LogP contribution is -2.43. The molecule has 1 atom stereocenters. The highest BCUT2D eigenvalue weighted by Gasteiger charge is 2.35. The van der Waals surface area contributed by atoms with Gasteiger partial charge in [0.25, 0.3) is 0 Å². The number of benzene rings is 3. The lowest BCUT2D eigenvalue weighted by atomic mass is 9.92. The van der Waals surface area contributed by atoms with Crippen LogP contribution in [0.25, 0.3) is 10.9 Å². The van der Waals surface area contributed by atoms with Gasteiger partial charge in [0.1, 0.15) is 12.4 Å². The van der Waals surface area contributed by atoms with E-state index in [1.807, 2.05) is 42.5 Å². The van der Waals surface area contributed by atoms with Crippen LogP contribution in [0.4, 0.5) is 10.5 Å². The molecular weight excluding hydrogens is 586 g/mol. The van der Waals surface area contributed by atoms with Crippen molar-refractivity contribution in [3.8, 4) is 5.75 Å². The van der Waals surface area contributed by atoms with E-state index in [0.717, 1.165) is 27.7 Å². The quantitative estimate of drug-likeness (QED) is 0.142. The van der Waals surface area contributed by atoms with Crippen molar-refractivity contribution in [3.05, 3.63) is 94.1 Å². The van der Waals surface area contributed by atoms with Crippen molar-refractivity contribution in [2.24, 2.45) is 0 Å². The SMILES string of the molecule is COCCOCCOCCOc1ccc(C2c3[nH]c4ccc(Cl)cc4c3CCN2C(=O)Nc2ccccc2C(=O)OC)cc1. The number of carbonyl (C=O) groups is 2. The molecule has 10 nitrogen and oxygen atoms in total. The minimum absolute atomic E-state index is 0.280. The predicted molar refractivity (Wildman–Crippen MR) is 168 cm³/mol. The summed E-state index contributed by atoms with van der Waals surface area (Å²) in [7, 11) is 2.95. The van der Waals surface area contributed by atoms with Crippen molar-refractivity contribution in [3.63, 3.8) is 0 Å². The van der Waals surface area contributed by atoms with Gasteiger partial charge in [-0.05, 0) is 60.0 Å². The monoisotopic (exact) mass is 621 g/mol. The Labute approximate surface area is 261 Å². The zero-order valence-electron chi connectivity index (χ0n) is 24.8. The number of urea groups is 1. The van der Waals surface area contributed by atoms with Crippen LogP contribution in [0.5, 0.6) is 5.75 Å². The molecule has 1 unspecified atom stereocenters. The highest BCUT2D eigenvalue weighted by Crippen LogP contribution is 2.40. The fourth-order valence-electron chi connectivity index (χ4n) is 5.32. The Hall–Kier alpha value is -4.09. The molecule has 3 aromatic carbocycles. The van der Waals surface area contributed by atoms with Crippen LogP contribution in [-0.2, 0) is 25.4 Å². The van der Waals surface area contributed by atoms with Crippen LogP contribution >= 0.6 is 11.6 Å². The molecule has 0 saturated carbocycles. The number of para-hydroxylation sites is 1.